The zero-order chi connectivity index (χ0) is 33.2. The van der Waals surface area contributed by atoms with Gasteiger partial charge in [0.05, 0.1) is 18.8 Å². The van der Waals surface area contributed by atoms with Gasteiger partial charge in [0, 0.05) is 41.0 Å². The highest BCUT2D eigenvalue weighted by atomic mass is 32.1. The van der Waals surface area contributed by atoms with Crippen molar-refractivity contribution in [3.63, 3.8) is 0 Å². The predicted molar refractivity (Wildman–Crippen MR) is 174 cm³/mol. The average Bonchev–Trinajstić information content (AvgIpc) is 3.85. The number of nitrogens with one attached hydrogen (secondary N) is 2. The Hall–Kier alpha value is -3.74. The summed E-state index contributed by atoms with van der Waals surface area (Å²) in [5.74, 6) is 1.16. The molecule has 2 fully saturated rings. The number of alkyl halides is 3. The first-order chi connectivity index (χ1) is 22.7. The molecule has 2 amide bonds. The summed E-state index contributed by atoms with van der Waals surface area (Å²) in [7, 11) is 0. The maximum Gasteiger partial charge on any atom is 0.434 e. The van der Waals surface area contributed by atoms with Crippen molar-refractivity contribution in [2.45, 2.75) is 90.1 Å². The van der Waals surface area contributed by atoms with E-state index in [9.17, 15) is 22.8 Å². The van der Waals surface area contributed by atoms with E-state index >= 15 is 0 Å². The molecule has 3 aromatic heterocycles. The molecular formula is C34H42F3N5O4S. The van der Waals surface area contributed by atoms with Gasteiger partial charge >= 0.3 is 18.2 Å². The second kappa shape index (κ2) is 16.4. The molecule has 2 saturated carbocycles. The molecule has 2 aliphatic rings. The van der Waals surface area contributed by atoms with Gasteiger partial charge in [-0.3, -0.25) is 5.32 Å². The Labute approximate surface area is 277 Å². The van der Waals surface area contributed by atoms with Gasteiger partial charge in [0.2, 0.25) is 5.88 Å². The monoisotopic (exact) mass is 673 g/mol. The number of pyridine rings is 2. The number of carbonyl (C=O) groups is 2. The summed E-state index contributed by atoms with van der Waals surface area (Å²) in [6.45, 7) is 2.80. The summed E-state index contributed by atoms with van der Waals surface area (Å²) in [5.41, 5.74) is 0.137. The Bertz CT molecular complexity index is 1500. The van der Waals surface area contributed by atoms with E-state index in [0.29, 0.717) is 36.1 Å². The molecule has 0 saturated heterocycles. The predicted octanol–water partition coefficient (Wildman–Crippen LogP) is 8.90. The molecule has 0 aliphatic heterocycles. The summed E-state index contributed by atoms with van der Waals surface area (Å²) in [6, 6.07) is 2.52. The Morgan fingerprint density at radius 1 is 0.915 bits per heavy atom. The molecular weight excluding hydrogens is 631 g/mol. The van der Waals surface area contributed by atoms with Gasteiger partial charge in [0.15, 0.2) is 5.69 Å². The smallest absolute Gasteiger partial charge is 0.434 e. The van der Waals surface area contributed by atoms with Crippen molar-refractivity contribution >= 4 is 29.2 Å². The molecule has 3 aromatic rings. The number of rotatable bonds is 14. The van der Waals surface area contributed by atoms with E-state index in [-0.39, 0.29) is 34.4 Å². The molecule has 5 rings (SSSR count). The number of ether oxygens (including phenoxy) is 2. The van der Waals surface area contributed by atoms with E-state index < -0.39 is 23.9 Å². The molecule has 0 bridgehead atoms. The molecule has 13 heteroatoms. The van der Waals surface area contributed by atoms with E-state index in [0.717, 1.165) is 42.4 Å². The van der Waals surface area contributed by atoms with Crippen molar-refractivity contribution in [2.24, 2.45) is 11.8 Å². The molecule has 0 radical (unpaired) electrons. The second-order valence-corrected chi connectivity index (χ2v) is 13.1. The lowest BCUT2D eigenvalue weighted by atomic mass is 10.0. The van der Waals surface area contributed by atoms with Gasteiger partial charge < -0.3 is 14.8 Å². The second-order valence-electron chi connectivity index (χ2n) is 12.3. The van der Waals surface area contributed by atoms with Gasteiger partial charge in [-0.15, -0.1) is 11.3 Å². The van der Waals surface area contributed by atoms with Crippen LogP contribution in [0, 0.1) is 11.8 Å². The lowest BCUT2D eigenvalue weighted by Gasteiger charge is -2.16. The number of nitrogens with zero attached hydrogens (tertiary/aromatic N) is 3. The zero-order valence-electron chi connectivity index (χ0n) is 26.7. The normalized spacial score (nSPS) is 15.6. The minimum atomic E-state index is -4.64. The van der Waals surface area contributed by atoms with Crippen LogP contribution in [0.1, 0.15) is 100 Å². The molecule has 9 nitrogen and oxygen atoms in total. The third kappa shape index (κ3) is 9.65. The Balaban J connectivity index is 1.45. The minimum Gasteiger partial charge on any atom is -0.477 e. The number of amides is 2. The fourth-order valence-electron chi connectivity index (χ4n) is 6.39. The van der Waals surface area contributed by atoms with E-state index in [1.54, 1.807) is 13.0 Å². The first kappa shape index (κ1) is 34.6. The SMILES string of the molecule is CCNC(=O)Nc1cc(-c2nc(C(F)(F)F)cs2)c(-c2cc(C(=O)OCCCC3CCCC3)cnc2OCCCC2CCCC2)cn1. The molecule has 3 heterocycles. The molecule has 254 valence electrons. The highest BCUT2D eigenvalue weighted by Gasteiger charge is 2.34. The first-order valence-corrected chi connectivity index (χ1v) is 17.5. The summed E-state index contributed by atoms with van der Waals surface area (Å²) < 4.78 is 52.4. The van der Waals surface area contributed by atoms with Crippen molar-refractivity contribution in [3.8, 4) is 27.6 Å². The average molecular weight is 674 g/mol. The largest absolute Gasteiger partial charge is 0.477 e. The van der Waals surface area contributed by atoms with Crippen LogP contribution in [0.5, 0.6) is 5.88 Å². The van der Waals surface area contributed by atoms with Gasteiger partial charge in [-0.05, 0) is 56.6 Å². The van der Waals surface area contributed by atoms with Gasteiger partial charge in [-0.2, -0.15) is 13.2 Å². The van der Waals surface area contributed by atoms with E-state index in [1.165, 1.54) is 69.8 Å². The van der Waals surface area contributed by atoms with Crippen LogP contribution in [0.3, 0.4) is 0 Å². The number of carbonyl (C=O) groups excluding carboxylic acids is 2. The zero-order valence-corrected chi connectivity index (χ0v) is 27.5. The fraction of sp³-hybridized carbons (Fsp3) is 0.559. The number of esters is 1. The number of hydrogen-bond donors (Lipinski definition) is 2. The Morgan fingerprint density at radius 2 is 1.60 bits per heavy atom. The number of anilines is 1. The summed E-state index contributed by atoms with van der Waals surface area (Å²) >= 11 is 0.812. The molecule has 2 aliphatic carbocycles. The molecule has 2 N–H and O–H groups in total. The van der Waals surface area contributed by atoms with Gasteiger partial charge in [-0.1, -0.05) is 51.4 Å². The number of aromatic nitrogens is 3. The maximum atomic E-state index is 13.6. The minimum absolute atomic E-state index is 0.0563. The van der Waals surface area contributed by atoms with Gasteiger partial charge in [-0.25, -0.2) is 24.5 Å². The van der Waals surface area contributed by atoms with E-state index in [4.69, 9.17) is 9.47 Å². The molecule has 0 atom stereocenters. The summed E-state index contributed by atoms with van der Waals surface area (Å²) in [4.78, 5) is 38.1. The van der Waals surface area contributed by atoms with Crippen molar-refractivity contribution in [3.05, 3.63) is 41.2 Å². The highest BCUT2D eigenvalue weighted by Crippen LogP contribution is 2.41. The number of halogens is 3. The van der Waals surface area contributed by atoms with Crippen LogP contribution in [0.25, 0.3) is 21.7 Å². The lowest BCUT2D eigenvalue weighted by molar-refractivity contribution is -0.140. The van der Waals surface area contributed by atoms with Crippen molar-refractivity contribution in [1.29, 1.82) is 0 Å². The summed E-state index contributed by atoms with van der Waals surface area (Å²) in [6.07, 6.45) is 11.7. The number of thiazole rings is 1. The molecule has 0 aromatic carbocycles. The topological polar surface area (TPSA) is 115 Å². The van der Waals surface area contributed by atoms with Crippen molar-refractivity contribution in [1.82, 2.24) is 20.3 Å². The van der Waals surface area contributed by atoms with Crippen LogP contribution < -0.4 is 15.4 Å². The standard InChI is InChI=1S/C34H42F3N5O4S/c1-2-38-33(44)42-29-18-26(31-41-28(21-47-31)34(35,36)37)27(20-39-29)25-17-24(32(43)46-16-8-14-23-11-5-6-12-23)19-40-30(25)45-15-7-13-22-9-3-4-10-22/h17-23H,2-16H2,1H3,(H2,38,39,42,44). The van der Waals surface area contributed by atoms with Crippen LogP contribution in [-0.2, 0) is 10.9 Å². The highest BCUT2D eigenvalue weighted by molar-refractivity contribution is 7.13. The Kier molecular flexibility index (Phi) is 12.1. The number of hydrogen-bond acceptors (Lipinski definition) is 8. The van der Waals surface area contributed by atoms with Crippen LogP contribution in [0.4, 0.5) is 23.8 Å². The van der Waals surface area contributed by atoms with Crippen LogP contribution in [-0.4, -0.2) is 46.7 Å². The maximum absolute atomic E-state index is 13.6. The Morgan fingerprint density at radius 3 is 2.23 bits per heavy atom. The third-order valence-corrected chi connectivity index (χ3v) is 9.70. The van der Waals surface area contributed by atoms with Crippen LogP contribution in [0.2, 0.25) is 0 Å². The summed E-state index contributed by atoms with van der Waals surface area (Å²) in [5, 5.41) is 6.20. The number of urea groups is 1. The van der Waals surface area contributed by atoms with E-state index in [2.05, 4.69) is 25.6 Å². The van der Waals surface area contributed by atoms with E-state index in [1.807, 2.05) is 0 Å². The van der Waals surface area contributed by atoms with Gasteiger partial charge in [0.25, 0.3) is 0 Å². The van der Waals surface area contributed by atoms with Crippen LogP contribution >= 0.6 is 11.3 Å². The third-order valence-electron chi connectivity index (χ3n) is 8.82. The molecule has 0 unspecified atom stereocenters. The lowest BCUT2D eigenvalue weighted by Crippen LogP contribution is -2.28. The quantitative estimate of drug-likeness (QED) is 0.130. The van der Waals surface area contributed by atoms with Crippen molar-refractivity contribution < 1.29 is 32.2 Å². The van der Waals surface area contributed by atoms with Crippen LogP contribution in [0.15, 0.2) is 29.9 Å². The first-order valence-electron chi connectivity index (χ1n) is 16.6. The molecule has 0 spiro atoms. The molecule has 47 heavy (non-hydrogen) atoms. The fourth-order valence-corrected chi connectivity index (χ4v) is 7.25. The van der Waals surface area contributed by atoms with Crippen molar-refractivity contribution in [2.75, 3.05) is 25.1 Å². The van der Waals surface area contributed by atoms with Gasteiger partial charge in [0.1, 0.15) is 10.8 Å².